The highest BCUT2D eigenvalue weighted by Gasteiger charge is 2.23. The van der Waals surface area contributed by atoms with E-state index in [2.05, 4.69) is 10.6 Å². The number of phenolic OH excluding ortho intramolecular Hbond substituents is 1. The molecule has 0 bridgehead atoms. The van der Waals surface area contributed by atoms with Crippen molar-refractivity contribution < 1.29 is 19.4 Å². The van der Waals surface area contributed by atoms with Gasteiger partial charge in [-0.15, -0.1) is 0 Å². The topological polar surface area (TPSA) is 87.7 Å². The largest absolute Gasteiger partial charge is 0.506 e. The predicted molar refractivity (Wildman–Crippen MR) is 145 cm³/mol. The van der Waals surface area contributed by atoms with Crippen molar-refractivity contribution in [2.24, 2.45) is 0 Å². The molecule has 3 rings (SSSR count). The summed E-state index contributed by atoms with van der Waals surface area (Å²) in [7, 11) is 0. The third-order valence-electron chi connectivity index (χ3n) is 4.99. The fraction of sp³-hybridized carbons (Fsp3) is 0.200. The fourth-order valence-corrected chi connectivity index (χ4v) is 5.08. The number of carbonyl (C=O) groups is 2. The first-order chi connectivity index (χ1) is 15.7. The summed E-state index contributed by atoms with van der Waals surface area (Å²) in [6.07, 6.45) is -0.438. The van der Waals surface area contributed by atoms with Crippen LogP contribution in [0.15, 0.2) is 60.7 Å². The summed E-state index contributed by atoms with van der Waals surface area (Å²) < 4.78 is 6.68. The van der Waals surface area contributed by atoms with Crippen LogP contribution in [0.1, 0.15) is 22.3 Å². The molecule has 2 amide bonds. The van der Waals surface area contributed by atoms with Gasteiger partial charge < -0.3 is 20.5 Å². The Labute approximate surface area is 220 Å². The summed E-state index contributed by atoms with van der Waals surface area (Å²) in [4.78, 5) is 25.7. The van der Waals surface area contributed by atoms with E-state index in [1.165, 1.54) is 0 Å². The van der Waals surface area contributed by atoms with Crippen LogP contribution in [-0.4, -0.2) is 23.1 Å². The highest BCUT2D eigenvalue weighted by Crippen LogP contribution is 2.28. The second-order valence-corrected chi connectivity index (χ2v) is 10.0. The van der Waals surface area contributed by atoms with Gasteiger partial charge in [0.05, 0.1) is 7.14 Å². The lowest BCUT2D eigenvalue weighted by atomic mass is 10.0. The van der Waals surface area contributed by atoms with Crippen molar-refractivity contribution in [2.75, 3.05) is 5.32 Å². The summed E-state index contributed by atoms with van der Waals surface area (Å²) in [5.74, 6) is -0.148. The Morgan fingerprint density at radius 2 is 1.64 bits per heavy atom. The molecule has 0 aromatic heterocycles. The molecule has 0 spiro atoms. The number of amides is 2. The molecule has 0 aliphatic carbocycles. The minimum Gasteiger partial charge on any atom is -0.506 e. The molecule has 6 nitrogen and oxygen atoms in total. The van der Waals surface area contributed by atoms with Crippen LogP contribution in [0.4, 0.5) is 10.5 Å². The van der Waals surface area contributed by atoms with Gasteiger partial charge in [-0.2, -0.15) is 0 Å². The van der Waals surface area contributed by atoms with Crippen molar-refractivity contribution in [1.29, 1.82) is 0 Å². The van der Waals surface area contributed by atoms with E-state index in [-0.39, 0.29) is 24.7 Å². The number of carbonyl (C=O) groups excluding carboxylic acids is 2. The maximum Gasteiger partial charge on any atom is 0.408 e. The van der Waals surface area contributed by atoms with E-state index in [9.17, 15) is 14.7 Å². The highest BCUT2D eigenvalue weighted by atomic mass is 127. The van der Waals surface area contributed by atoms with Crippen LogP contribution in [0.5, 0.6) is 5.75 Å². The van der Waals surface area contributed by atoms with E-state index >= 15 is 0 Å². The molecular formula is C25H24I2N2O4. The molecule has 0 fully saturated rings. The van der Waals surface area contributed by atoms with Gasteiger partial charge in [0.2, 0.25) is 5.91 Å². The zero-order valence-electron chi connectivity index (χ0n) is 18.2. The van der Waals surface area contributed by atoms with Crippen molar-refractivity contribution in [1.82, 2.24) is 5.32 Å². The van der Waals surface area contributed by atoms with Crippen LogP contribution in [0, 0.1) is 21.0 Å². The van der Waals surface area contributed by atoms with E-state index in [1.807, 2.05) is 108 Å². The summed E-state index contributed by atoms with van der Waals surface area (Å²) >= 11 is 4.09. The van der Waals surface area contributed by atoms with Crippen LogP contribution >= 0.6 is 45.2 Å². The lowest BCUT2D eigenvalue weighted by Crippen LogP contribution is -2.45. The normalized spacial score (nSPS) is 11.5. The fourth-order valence-electron chi connectivity index (χ4n) is 3.18. The average Bonchev–Trinajstić information content (AvgIpc) is 2.78. The SMILES string of the molecule is Cc1ccc(C)c(NC(=O)[C@@H](Cc2cc(I)c(O)c(I)c2)NC(=O)OCc2ccccc2)c1. The lowest BCUT2D eigenvalue weighted by Gasteiger charge is -2.20. The Morgan fingerprint density at radius 3 is 2.30 bits per heavy atom. The van der Waals surface area contributed by atoms with Gasteiger partial charge in [0, 0.05) is 12.1 Å². The number of aryl methyl sites for hydroxylation is 2. The van der Waals surface area contributed by atoms with Gasteiger partial charge in [0.15, 0.2) is 0 Å². The Hall–Kier alpha value is -2.34. The van der Waals surface area contributed by atoms with E-state index in [1.54, 1.807) is 12.1 Å². The second-order valence-electron chi connectivity index (χ2n) is 7.68. The van der Waals surface area contributed by atoms with Gasteiger partial charge in [-0.25, -0.2) is 4.79 Å². The molecule has 8 heteroatoms. The number of hydrogen-bond acceptors (Lipinski definition) is 4. The number of hydrogen-bond donors (Lipinski definition) is 3. The minimum atomic E-state index is -0.871. The molecule has 0 saturated heterocycles. The number of benzene rings is 3. The van der Waals surface area contributed by atoms with Crippen LogP contribution in [0.25, 0.3) is 0 Å². The van der Waals surface area contributed by atoms with Gasteiger partial charge in [-0.05, 0) is 99.5 Å². The van der Waals surface area contributed by atoms with Crippen molar-refractivity contribution in [3.05, 3.63) is 90.1 Å². The van der Waals surface area contributed by atoms with E-state index in [0.717, 1.165) is 22.3 Å². The van der Waals surface area contributed by atoms with Crippen molar-refractivity contribution in [2.45, 2.75) is 32.9 Å². The molecule has 3 N–H and O–H groups in total. The molecule has 33 heavy (non-hydrogen) atoms. The molecule has 0 radical (unpaired) electrons. The molecule has 0 aliphatic rings. The minimum absolute atomic E-state index is 0.104. The van der Waals surface area contributed by atoms with Crippen LogP contribution < -0.4 is 10.6 Å². The molecular weight excluding hydrogens is 646 g/mol. The Bertz CT molecular complexity index is 1130. The van der Waals surface area contributed by atoms with Gasteiger partial charge in [-0.3, -0.25) is 4.79 Å². The predicted octanol–water partition coefficient (Wildman–Crippen LogP) is 5.69. The number of nitrogens with one attached hydrogen (secondary N) is 2. The Kier molecular flexibility index (Phi) is 8.95. The molecule has 3 aromatic carbocycles. The zero-order chi connectivity index (χ0) is 24.0. The average molecular weight is 670 g/mol. The maximum atomic E-state index is 13.2. The molecule has 0 unspecified atom stereocenters. The van der Waals surface area contributed by atoms with Crippen molar-refractivity contribution in [3.8, 4) is 5.75 Å². The van der Waals surface area contributed by atoms with E-state index in [4.69, 9.17) is 4.74 Å². The maximum absolute atomic E-state index is 13.2. The second kappa shape index (κ2) is 11.7. The number of ether oxygens (including phenoxy) is 1. The Balaban J connectivity index is 1.78. The molecule has 3 aromatic rings. The number of rotatable bonds is 7. The third-order valence-corrected chi connectivity index (χ3v) is 6.63. The number of aromatic hydroxyl groups is 1. The third kappa shape index (κ3) is 7.32. The Morgan fingerprint density at radius 1 is 0.970 bits per heavy atom. The first-order valence-electron chi connectivity index (χ1n) is 10.2. The zero-order valence-corrected chi connectivity index (χ0v) is 22.5. The number of anilines is 1. The van der Waals surface area contributed by atoms with Gasteiger partial charge >= 0.3 is 6.09 Å². The summed E-state index contributed by atoms with van der Waals surface area (Å²) in [6.45, 7) is 3.97. The monoisotopic (exact) mass is 670 g/mol. The molecule has 1 atom stereocenters. The van der Waals surface area contributed by atoms with Gasteiger partial charge in [0.25, 0.3) is 0 Å². The highest BCUT2D eigenvalue weighted by molar-refractivity contribution is 14.1. The van der Waals surface area contributed by atoms with Crippen LogP contribution in [0.3, 0.4) is 0 Å². The molecule has 0 saturated carbocycles. The summed E-state index contributed by atoms with van der Waals surface area (Å²) in [5, 5.41) is 15.7. The summed E-state index contributed by atoms with van der Waals surface area (Å²) in [5.41, 5.74) is 4.30. The van der Waals surface area contributed by atoms with Gasteiger partial charge in [0.1, 0.15) is 18.4 Å². The standard InChI is InChI=1S/C25H24I2N2O4/c1-15-8-9-16(2)21(10-15)28-24(31)22(13-18-11-19(26)23(30)20(27)12-18)29-25(32)33-14-17-6-4-3-5-7-17/h3-12,22,30H,13-14H2,1-2H3,(H,28,31)(H,29,32)/t22-/m1/s1. The number of phenols is 1. The number of halogens is 2. The van der Waals surface area contributed by atoms with Crippen molar-refractivity contribution in [3.63, 3.8) is 0 Å². The molecule has 172 valence electrons. The number of alkyl carbamates (subject to hydrolysis) is 1. The molecule has 0 aliphatic heterocycles. The molecule has 0 heterocycles. The first kappa shape index (κ1) is 25.3. The smallest absolute Gasteiger partial charge is 0.408 e. The van der Waals surface area contributed by atoms with E-state index in [0.29, 0.717) is 12.8 Å². The van der Waals surface area contributed by atoms with Gasteiger partial charge in [-0.1, -0.05) is 42.5 Å². The lowest BCUT2D eigenvalue weighted by molar-refractivity contribution is -0.118. The summed E-state index contributed by atoms with van der Waals surface area (Å²) in [6, 6.07) is 17.9. The van der Waals surface area contributed by atoms with Crippen LogP contribution in [-0.2, 0) is 22.6 Å². The van der Waals surface area contributed by atoms with Crippen molar-refractivity contribution >= 4 is 62.9 Å². The first-order valence-corrected chi connectivity index (χ1v) is 12.4. The van der Waals surface area contributed by atoms with Crippen LogP contribution in [0.2, 0.25) is 0 Å². The quantitative estimate of drug-likeness (QED) is 0.282. The van der Waals surface area contributed by atoms with E-state index < -0.39 is 12.1 Å².